The maximum atomic E-state index is 12.8. The van der Waals surface area contributed by atoms with Crippen molar-refractivity contribution in [3.8, 4) is 5.75 Å². The fraction of sp³-hybridized carbons (Fsp3) is 0.500. The van der Waals surface area contributed by atoms with Crippen LogP contribution in [0.15, 0.2) is 18.2 Å². The first kappa shape index (κ1) is 16.6. The lowest BCUT2D eigenvalue weighted by Gasteiger charge is -2.33. The maximum absolute atomic E-state index is 12.8. The molecule has 0 aliphatic carbocycles. The number of hydrogen-bond acceptors (Lipinski definition) is 4. The Hall–Kier alpha value is -1.80. The van der Waals surface area contributed by atoms with Gasteiger partial charge in [-0.3, -0.25) is 9.69 Å². The summed E-state index contributed by atoms with van der Waals surface area (Å²) >= 11 is 0. The minimum Gasteiger partial charge on any atom is -0.507 e. The van der Waals surface area contributed by atoms with Crippen LogP contribution in [0.4, 0.5) is 13.2 Å². The molecule has 8 heteroatoms. The third-order valence-electron chi connectivity index (χ3n) is 3.49. The molecule has 22 heavy (non-hydrogen) atoms. The highest BCUT2D eigenvalue weighted by atomic mass is 19.4. The number of morpholine rings is 1. The largest absolute Gasteiger partial charge is 0.507 e. The molecule has 1 aromatic carbocycles. The van der Waals surface area contributed by atoms with Crippen molar-refractivity contribution < 1.29 is 32.9 Å². The van der Waals surface area contributed by atoms with Gasteiger partial charge in [0.15, 0.2) is 0 Å². The number of benzene rings is 1. The number of hydrogen-bond donors (Lipinski definition) is 2. The van der Waals surface area contributed by atoms with E-state index in [9.17, 15) is 23.1 Å². The van der Waals surface area contributed by atoms with E-state index in [2.05, 4.69) is 0 Å². The molecule has 1 saturated heterocycles. The van der Waals surface area contributed by atoms with E-state index < -0.39 is 29.6 Å². The second-order valence-corrected chi connectivity index (χ2v) is 5.08. The average molecular weight is 319 g/mol. The van der Waals surface area contributed by atoms with Crippen LogP contribution in [-0.4, -0.2) is 47.3 Å². The van der Waals surface area contributed by atoms with Crippen molar-refractivity contribution in [2.75, 3.05) is 26.2 Å². The van der Waals surface area contributed by atoms with Gasteiger partial charge in [0.1, 0.15) is 5.75 Å². The normalized spacial score (nSPS) is 20.0. The number of aromatic hydroxyl groups is 1. The van der Waals surface area contributed by atoms with Crippen molar-refractivity contribution in [1.29, 1.82) is 0 Å². The van der Waals surface area contributed by atoms with Crippen LogP contribution in [0.1, 0.15) is 23.7 Å². The topological polar surface area (TPSA) is 70.0 Å². The molecule has 0 aromatic heterocycles. The fourth-order valence-corrected chi connectivity index (χ4v) is 2.34. The van der Waals surface area contributed by atoms with Gasteiger partial charge in [-0.15, -0.1) is 0 Å². The van der Waals surface area contributed by atoms with Crippen LogP contribution in [-0.2, 0) is 15.7 Å². The molecule has 2 rings (SSSR count). The third-order valence-corrected chi connectivity index (χ3v) is 3.49. The van der Waals surface area contributed by atoms with Gasteiger partial charge in [-0.25, -0.2) is 0 Å². The standard InChI is InChI=1S/C14H16F3NO4/c15-14(16,17)10-7-9(1-2-11(10)19)12-8-18(5-6-22-12)4-3-13(20)21/h1-2,7,12,19H,3-6,8H2,(H,20,21). The zero-order valence-electron chi connectivity index (χ0n) is 11.6. The highest BCUT2D eigenvalue weighted by Crippen LogP contribution is 2.37. The lowest BCUT2D eigenvalue weighted by Crippen LogP contribution is -2.39. The third kappa shape index (κ3) is 4.11. The Balaban J connectivity index is 2.12. The molecule has 0 amide bonds. The molecule has 1 fully saturated rings. The second kappa shape index (κ2) is 6.53. The molecule has 5 nitrogen and oxygen atoms in total. The van der Waals surface area contributed by atoms with Gasteiger partial charge < -0.3 is 14.9 Å². The number of phenols is 1. The predicted molar refractivity (Wildman–Crippen MR) is 70.5 cm³/mol. The summed E-state index contributed by atoms with van der Waals surface area (Å²) in [6.07, 6.45) is -5.25. The van der Waals surface area contributed by atoms with Crippen molar-refractivity contribution >= 4 is 5.97 Å². The highest BCUT2D eigenvalue weighted by Gasteiger charge is 2.35. The van der Waals surface area contributed by atoms with E-state index in [1.54, 1.807) is 0 Å². The Morgan fingerprint density at radius 2 is 2.14 bits per heavy atom. The lowest BCUT2D eigenvalue weighted by atomic mass is 10.0. The van der Waals surface area contributed by atoms with E-state index in [0.29, 0.717) is 31.8 Å². The van der Waals surface area contributed by atoms with Gasteiger partial charge in [0.2, 0.25) is 0 Å². The summed E-state index contributed by atoms with van der Waals surface area (Å²) in [4.78, 5) is 12.4. The molecular formula is C14H16F3NO4. The lowest BCUT2D eigenvalue weighted by molar-refractivity contribution is -0.139. The number of nitrogens with zero attached hydrogens (tertiary/aromatic N) is 1. The number of carboxylic acids is 1. The Labute approximate surface area is 124 Å². The summed E-state index contributed by atoms with van der Waals surface area (Å²) in [5, 5.41) is 18.0. The number of halogens is 3. The number of carbonyl (C=O) groups is 1. The van der Waals surface area contributed by atoms with E-state index in [1.165, 1.54) is 6.07 Å². The number of carboxylic acid groups (broad SMARTS) is 1. The molecule has 1 aromatic rings. The van der Waals surface area contributed by atoms with E-state index in [0.717, 1.165) is 12.1 Å². The smallest absolute Gasteiger partial charge is 0.419 e. The zero-order valence-corrected chi connectivity index (χ0v) is 11.6. The molecule has 1 aliphatic rings. The van der Waals surface area contributed by atoms with E-state index in [-0.39, 0.29) is 6.42 Å². The Morgan fingerprint density at radius 3 is 2.77 bits per heavy atom. The second-order valence-electron chi connectivity index (χ2n) is 5.08. The first-order valence-electron chi connectivity index (χ1n) is 6.73. The Morgan fingerprint density at radius 1 is 1.41 bits per heavy atom. The fourth-order valence-electron chi connectivity index (χ4n) is 2.34. The molecule has 1 heterocycles. The highest BCUT2D eigenvalue weighted by molar-refractivity contribution is 5.66. The Bertz CT molecular complexity index is 547. The van der Waals surface area contributed by atoms with E-state index >= 15 is 0 Å². The van der Waals surface area contributed by atoms with Gasteiger partial charge in [0.05, 0.1) is 24.7 Å². The van der Waals surface area contributed by atoms with E-state index in [1.807, 2.05) is 4.90 Å². The van der Waals surface area contributed by atoms with Crippen molar-refractivity contribution in [2.24, 2.45) is 0 Å². The van der Waals surface area contributed by atoms with Crippen LogP contribution >= 0.6 is 0 Å². The number of ether oxygens (including phenoxy) is 1. The molecule has 1 aliphatic heterocycles. The molecule has 122 valence electrons. The average Bonchev–Trinajstić information content (AvgIpc) is 2.44. The van der Waals surface area contributed by atoms with Crippen LogP contribution in [0.2, 0.25) is 0 Å². The molecular weight excluding hydrogens is 303 g/mol. The summed E-state index contributed by atoms with van der Waals surface area (Å²) in [7, 11) is 0. The number of phenolic OH excluding ortho intramolecular Hbond substituents is 1. The SMILES string of the molecule is O=C(O)CCN1CCOC(c2ccc(O)c(C(F)(F)F)c2)C1. The van der Waals surface area contributed by atoms with Crippen LogP contribution in [0, 0.1) is 0 Å². The zero-order chi connectivity index (χ0) is 16.3. The maximum Gasteiger partial charge on any atom is 0.419 e. The monoisotopic (exact) mass is 319 g/mol. The first-order valence-corrected chi connectivity index (χ1v) is 6.73. The van der Waals surface area contributed by atoms with Gasteiger partial charge in [-0.05, 0) is 17.7 Å². The minimum atomic E-state index is -4.64. The van der Waals surface area contributed by atoms with Crippen molar-refractivity contribution in [3.63, 3.8) is 0 Å². The summed E-state index contributed by atoms with van der Waals surface area (Å²) in [6, 6.07) is 3.26. The molecule has 0 radical (unpaired) electrons. The van der Waals surface area contributed by atoms with Crippen LogP contribution < -0.4 is 0 Å². The van der Waals surface area contributed by atoms with Gasteiger partial charge in [0, 0.05) is 19.6 Å². The van der Waals surface area contributed by atoms with Gasteiger partial charge in [-0.1, -0.05) is 6.07 Å². The summed E-state index contributed by atoms with van der Waals surface area (Å²) in [5.41, 5.74) is -0.790. The van der Waals surface area contributed by atoms with Crippen LogP contribution in [0.5, 0.6) is 5.75 Å². The van der Waals surface area contributed by atoms with Gasteiger partial charge >= 0.3 is 12.1 Å². The molecule has 0 bridgehead atoms. The number of aliphatic carboxylic acids is 1. The Kier molecular flexibility index (Phi) is 4.92. The number of alkyl halides is 3. The predicted octanol–water partition coefficient (Wildman–Crippen LogP) is 2.26. The van der Waals surface area contributed by atoms with E-state index in [4.69, 9.17) is 9.84 Å². The van der Waals surface area contributed by atoms with Gasteiger partial charge in [-0.2, -0.15) is 13.2 Å². The van der Waals surface area contributed by atoms with Crippen molar-refractivity contribution in [2.45, 2.75) is 18.7 Å². The first-order chi connectivity index (χ1) is 10.3. The minimum absolute atomic E-state index is 0.0316. The van der Waals surface area contributed by atoms with Crippen molar-refractivity contribution in [3.05, 3.63) is 29.3 Å². The summed E-state index contributed by atoms with van der Waals surface area (Å²) < 4.78 is 43.9. The molecule has 0 spiro atoms. The quantitative estimate of drug-likeness (QED) is 0.891. The molecule has 1 unspecified atom stereocenters. The summed E-state index contributed by atoms with van der Waals surface area (Å²) in [6.45, 7) is 1.48. The van der Waals surface area contributed by atoms with Crippen LogP contribution in [0.25, 0.3) is 0 Å². The molecule has 2 N–H and O–H groups in total. The van der Waals surface area contributed by atoms with Gasteiger partial charge in [0.25, 0.3) is 0 Å². The van der Waals surface area contributed by atoms with Crippen molar-refractivity contribution in [1.82, 2.24) is 4.90 Å². The van der Waals surface area contributed by atoms with Crippen LogP contribution in [0.3, 0.4) is 0 Å². The molecule has 0 saturated carbocycles. The number of rotatable bonds is 4. The molecule has 1 atom stereocenters. The summed E-state index contributed by atoms with van der Waals surface area (Å²) in [5.74, 6) is -1.75.